The molecule has 1 fully saturated rings. The first-order valence-corrected chi connectivity index (χ1v) is 9.37. The zero-order valence-electron chi connectivity index (χ0n) is 16.6. The van der Waals surface area contributed by atoms with Gasteiger partial charge in [0.25, 0.3) is 5.89 Å². The summed E-state index contributed by atoms with van der Waals surface area (Å²) in [5.74, 6) is -0.0940. The third-order valence-electron chi connectivity index (χ3n) is 4.28. The van der Waals surface area contributed by atoms with Crippen molar-refractivity contribution in [1.29, 1.82) is 5.26 Å². The number of nitrogens with zero attached hydrogens (tertiary/aromatic N) is 4. The molecule has 1 saturated heterocycles. The van der Waals surface area contributed by atoms with Crippen LogP contribution >= 0.6 is 0 Å². The van der Waals surface area contributed by atoms with Gasteiger partial charge in [0, 0.05) is 18.7 Å². The Hall–Kier alpha value is -2.99. The monoisotopic (exact) mass is 402 g/mol. The molecule has 0 saturated carbocycles. The van der Waals surface area contributed by atoms with Crippen LogP contribution in [-0.2, 0) is 16.1 Å². The standard InChI is InChI=1S/C20H23FN4O4/c1-20(2,3)28-19(26)25-6-4-16(5-7-25)27-12-17-23-18(29-24-17)14-8-13(11-22)9-15(21)10-14/h8-10,16H,4-7,12H2,1-3H3. The summed E-state index contributed by atoms with van der Waals surface area (Å²) >= 11 is 0. The number of halogens is 1. The van der Waals surface area contributed by atoms with Crippen molar-refractivity contribution in [1.82, 2.24) is 15.0 Å². The summed E-state index contributed by atoms with van der Waals surface area (Å²) in [6.45, 7) is 6.76. The van der Waals surface area contributed by atoms with Crippen molar-refractivity contribution in [3.8, 4) is 17.5 Å². The van der Waals surface area contributed by atoms with E-state index in [1.807, 2.05) is 26.8 Å². The molecule has 3 rings (SSSR count). The molecular weight excluding hydrogens is 379 g/mol. The van der Waals surface area contributed by atoms with E-state index >= 15 is 0 Å². The van der Waals surface area contributed by atoms with Crippen LogP contribution in [0.3, 0.4) is 0 Å². The Bertz CT molecular complexity index is 908. The number of carbonyl (C=O) groups is 1. The van der Waals surface area contributed by atoms with Gasteiger partial charge in [-0.1, -0.05) is 5.16 Å². The summed E-state index contributed by atoms with van der Waals surface area (Å²) in [6.07, 6.45) is 1.01. The largest absolute Gasteiger partial charge is 0.444 e. The van der Waals surface area contributed by atoms with Crippen molar-refractivity contribution >= 4 is 6.09 Å². The molecule has 1 aromatic heterocycles. The third kappa shape index (κ3) is 5.74. The van der Waals surface area contributed by atoms with Crippen LogP contribution in [0.25, 0.3) is 11.5 Å². The van der Waals surface area contributed by atoms with E-state index in [4.69, 9.17) is 19.3 Å². The second-order valence-corrected chi connectivity index (χ2v) is 7.83. The Morgan fingerprint density at radius 3 is 2.72 bits per heavy atom. The third-order valence-corrected chi connectivity index (χ3v) is 4.28. The molecule has 0 atom stereocenters. The number of amides is 1. The highest BCUT2D eigenvalue weighted by atomic mass is 19.1. The molecule has 0 N–H and O–H groups in total. The molecule has 0 radical (unpaired) electrons. The molecule has 0 unspecified atom stereocenters. The summed E-state index contributed by atoms with van der Waals surface area (Å²) in [7, 11) is 0. The molecule has 1 aromatic carbocycles. The van der Waals surface area contributed by atoms with Gasteiger partial charge in [-0.15, -0.1) is 0 Å². The van der Waals surface area contributed by atoms with Crippen LogP contribution in [0.1, 0.15) is 45.0 Å². The Labute approximate surface area is 168 Å². The summed E-state index contributed by atoms with van der Waals surface area (Å²) in [6, 6.07) is 5.73. The van der Waals surface area contributed by atoms with Crippen molar-refractivity contribution in [2.45, 2.75) is 51.9 Å². The van der Waals surface area contributed by atoms with Crippen molar-refractivity contribution in [2.24, 2.45) is 0 Å². The lowest BCUT2D eigenvalue weighted by atomic mass is 10.1. The van der Waals surface area contributed by atoms with Crippen molar-refractivity contribution in [3.05, 3.63) is 35.4 Å². The van der Waals surface area contributed by atoms with Crippen LogP contribution < -0.4 is 0 Å². The maximum atomic E-state index is 13.6. The Morgan fingerprint density at radius 2 is 2.07 bits per heavy atom. The summed E-state index contributed by atoms with van der Waals surface area (Å²) < 4.78 is 29.9. The second-order valence-electron chi connectivity index (χ2n) is 7.83. The van der Waals surface area contributed by atoms with Crippen molar-refractivity contribution in [2.75, 3.05) is 13.1 Å². The molecule has 0 aliphatic carbocycles. The average molecular weight is 402 g/mol. The number of nitriles is 1. The number of ether oxygens (including phenoxy) is 2. The first kappa shape index (κ1) is 20.7. The number of rotatable bonds is 4. The van der Waals surface area contributed by atoms with Gasteiger partial charge in [0.15, 0.2) is 5.82 Å². The molecule has 0 spiro atoms. The minimum Gasteiger partial charge on any atom is -0.444 e. The number of hydrogen-bond donors (Lipinski definition) is 0. The van der Waals surface area contributed by atoms with E-state index in [1.165, 1.54) is 12.1 Å². The lowest BCUT2D eigenvalue weighted by Crippen LogP contribution is -2.43. The minimum absolute atomic E-state index is 0.0324. The fourth-order valence-electron chi connectivity index (χ4n) is 2.93. The number of aromatic nitrogens is 2. The average Bonchev–Trinajstić information content (AvgIpc) is 3.14. The van der Waals surface area contributed by atoms with E-state index in [0.29, 0.717) is 37.3 Å². The van der Waals surface area contributed by atoms with E-state index in [9.17, 15) is 9.18 Å². The molecule has 2 heterocycles. The number of hydrogen-bond acceptors (Lipinski definition) is 7. The molecule has 1 aliphatic heterocycles. The van der Waals surface area contributed by atoms with Crippen molar-refractivity contribution < 1.29 is 23.2 Å². The molecule has 1 amide bonds. The van der Waals surface area contributed by atoms with Gasteiger partial charge in [-0.2, -0.15) is 10.2 Å². The molecule has 8 nitrogen and oxygen atoms in total. The van der Waals surface area contributed by atoms with E-state index in [2.05, 4.69) is 10.1 Å². The van der Waals surface area contributed by atoms with Crippen LogP contribution in [0.2, 0.25) is 0 Å². The number of benzene rings is 1. The van der Waals surface area contributed by atoms with E-state index in [0.717, 1.165) is 6.07 Å². The Morgan fingerprint density at radius 1 is 1.34 bits per heavy atom. The molecule has 9 heteroatoms. The van der Waals surface area contributed by atoms with Gasteiger partial charge in [-0.3, -0.25) is 0 Å². The molecule has 29 heavy (non-hydrogen) atoms. The number of piperidine rings is 1. The highest BCUT2D eigenvalue weighted by Gasteiger charge is 2.27. The fourth-order valence-corrected chi connectivity index (χ4v) is 2.93. The van der Waals surface area contributed by atoms with Crippen LogP contribution in [0.15, 0.2) is 22.7 Å². The summed E-state index contributed by atoms with van der Waals surface area (Å²) in [5.41, 5.74) is -0.00473. The van der Waals surface area contributed by atoms with Gasteiger partial charge in [0.1, 0.15) is 18.0 Å². The van der Waals surface area contributed by atoms with Gasteiger partial charge in [-0.05, 0) is 51.8 Å². The smallest absolute Gasteiger partial charge is 0.410 e. The predicted octanol–water partition coefficient (Wildman–Crippen LogP) is 3.66. The first-order valence-electron chi connectivity index (χ1n) is 9.37. The van der Waals surface area contributed by atoms with E-state index in [1.54, 1.807) is 4.90 Å². The van der Waals surface area contributed by atoms with Crippen molar-refractivity contribution in [3.63, 3.8) is 0 Å². The number of carbonyl (C=O) groups excluding carboxylic acids is 1. The van der Waals surface area contributed by atoms with Gasteiger partial charge in [0.05, 0.1) is 17.7 Å². The lowest BCUT2D eigenvalue weighted by molar-refractivity contribution is -0.0190. The lowest BCUT2D eigenvalue weighted by Gasteiger charge is -2.33. The summed E-state index contributed by atoms with van der Waals surface area (Å²) in [5, 5.41) is 12.8. The highest BCUT2D eigenvalue weighted by Crippen LogP contribution is 2.22. The summed E-state index contributed by atoms with van der Waals surface area (Å²) in [4.78, 5) is 18.0. The van der Waals surface area contributed by atoms with Crippen LogP contribution in [0.5, 0.6) is 0 Å². The van der Waals surface area contributed by atoms with Gasteiger partial charge in [-0.25, -0.2) is 9.18 Å². The zero-order valence-corrected chi connectivity index (χ0v) is 16.6. The molecule has 1 aliphatic rings. The maximum absolute atomic E-state index is 13.6. The second kappa shape index (κ2) is 8.57. The van der Waals surface area contributed by atoms with Crippen LogP contribution in [0.4, 0.5) is 9.18 Å². The highest BCUT2D eigenvalue weighted by molar-refractivity contribution is 5.68. The van der Waals surface area contributed by atoms with Crippen LogP contribution in [-0.4, -0.2) is 45.9 Å². The molecule has 2 aromatic rings. The zero-order chi connectivity index (χ0) is 21.0. The predicted molar refractivity (Wildman–Crippen MR) is 100 cm³/mol. The van der Waals surface area contributed by atoms with E-state index < -0.39 is 11.4 Å². The van der Waals surface area contributed by atoms with Gasteiger partial charge >= 0.3 is 6.09 Å². The van der Waals surface area contributed by atoms with Crippen LogP contribution in [0, 0.1) is 17.1 Å². The maximum Gasteiger partial charge on any atom is 0.410 e. The quantitative estimate of drug-likeness (QED) is 0.769. The fraction of sp³-hybridized carbons (Fsp3) is 0.500. The van der Waals surface area contributed by atoms with Gasteiger partial charge < -0.3 is 18.9 Å². The normalized spacial score (nSPS) is 15.2. The Balaban J connectivity index is 1.51. The Kier molecular flexibility index (Phi) is 6.13. The van der Waals surface area contributed by atoms with Gasteiger partial charge in [0.2, 0.25) is 0 Å². The SMILES string of the molecule is CC(C)(C)OC(=O)N1CCC(OCc2noc(-c3cc(F)cc(C#N)c3)n2)CC1. The first-order chi connectivity index (χ1) is 13.7. The topological polar surface area (TPSA) is 101 Å². The molecular formula is C20H23FN4O4. The number of likely N-dealkylation sites (tertiary alicyclic amines) is 1. The minimum atomic E-state index is -0.549. The molecule has 154 valence electrons. The molecule has 0 bridgehead atoms. The van der Waals surface area contributed by atoms with E-state index in [-0.39, 0.29) is 30.3 Å².